The largest absolute Gasteiger partial charge is 0.471 e. The quantitative estimate of drug-likeness (QED) is 0.864. The van der Waals surface area contributed by atoms with Crippen LogP contribution in [-0.4, -0.2) is 51.8 Å². The highest BCUT2D eigenvalue weighted by Gasteiger charge is 2.45. The SMILES string of the molecule is Cn1cccc1C(=O)N1CC[C@@H](Oc2ccccn2)[C@H]2OCC[C@@H]21. The molecule has 0 N–H and O–H groups in total. The van der Waals surface area contributed by atoms with Crippen molar-refractivity contribution in [3.8, 4) is 5.88 Å². The van der Waals surface area contributed by atoms with Gasteiger partial charge in [0.15, 0.2) is 0 Å². The van der Waals surface area contributed by atoms with E-state index < -0.39 is 0 Å². The average molecular weight is 327 g/mol. The van der Waals surface area contributed by atoms with Crippen molar-refractivity contribution in [2.24, 2.45) is 7.05 Å². The van der Waals surface area contributed by atoms with Crippen LogP contribution >= 0.6 is 0 Å². The molecule has 2 fully saturated rings. The second-order valence-electron chi connectivity index (χ2n) is 6.31. The summed E-state index contributed by atoms with van der Waals surface area (Å²) >= 11 is 0. The molecule has 2 aliphatic heterocycles. The van der Waals surface area contributed by atoms with Crippen LogP contribution in [0.4, 0.5) is 0 Å². The van der Waals surface area contributed by atoms with E-state index in [-0.39, 0.29) is 24.2 Å². The third-order valence-electron chi connectivity index (χ3n) is 4.86. The number of pyridine rings is 1. The summed E-state index contributed by atoms with van der Waals surface area (Å²) in [7, 11) is 1.90. The predicted octanol–water partition coefficient (Wildman–Crippen LogP) is 1.87. The Kier molecular flexibility index (Phi) is 3.98. The van der Waals surface area contributed by atoms with Crippen molar-refractivity contribution in [3.63, 3.8) is 0 Å². The van der Waals surface area contributed by atoms with Crippen molar-refractivity contribution < 1.29 is 14.3 Å². The maximum absolute atomic E-state index is 12.9. The Morgan fingerprint density at radius 2 is 2.21 bits per heavy atom. The van der Waals surface area contributed by atoms with Crippen molar-refractivity contribution in [1.29, 1.82) is 0 Å². The highest BCUT2D eigenvalue weighted by Crippen LogP contribution is 2.31. The zero-order valence-corrected chi connectivity index (χ0v) is 13.7. The van der Waals surface area contributed by atoms with E-state index >= 15 is 0 Å². The van der Waals surface area contributed by atoms with E-state index in [1.807, 2.05) is 53.0 Å². The van der Waals surface area contributed by atoms with E-state index in [1.165, 1.54) is 0 Å². The number of fused-ring (bicyclic) bond motifs is 1. The number of rotatable bonds is 3. The van der Waals surface area contributed by atoms with Crippen molar-refractivity contribution >= 4 is 5.91 Å². The van der Waals surface area contributed by atoms with Crippen LogP contribution in [0.2, 0.25) is 0 Å². The number of aromatic nitrogens is 2. The smallest absolute Gasteiger partial charge is 0.270 e. The summed E-state index contributed by atoms with van der Waals surface area (Å²) in [6.07, 6.45) is 5.05. The summed E-state index contributed by atoms with van der Waals surface area (Å²) in [5.74, 6) is 0.679. The molecule has 0 unspecified atom stereocenters. The van der Waals surface area contributed by atoms with E-state index in [9.17, 15) is 4.79 Å². The Morgan fingerprint density at radius 1 is 1.29 bits per heavy atom. The van der Waals surface area contributed by atoms with Gasteiger partial charge in [-0.2, -0.15) is 0 Å². The van der Waals surface area contributed by atoms with Gasteiger partial charge >= 0.3 is 0 Å². The molecule has 0 spiro atoms. The molecule has 4 rings (SSSR count). The van der Waals surface area contributed by atoms with Crippen LogP contribution in [-0.2, 0) is 11.8 Å². The molecule has 0 bridgehead atoms. The highest BCUT2D eigenvalue weighted by molar-refractivity contribution is 5.93. The molecule has 6 heteroatoms. The van der Waals surface area contributed by atoms with Crippen molar-refractivity contribution in [2.45, 2.75) is 31.1 Å². The van der Waals surface area contributed by atoms with Crippen molar-refractivity contribution in [3.05, 3.63) is 48.4 Å². The minimum atomic E-state index is -0.0926. The second kappa shape index (κ2) is 6.28. The fraction of sp³-hybridized carbons (Fsp3) is 0.444. The Bertz CT molecular complexity index is 715. The van der Waals surface area contributed by atoms with Gasteiger partial charge in [0.1, 0.15) is 17.9 Å². The van der Waals surface area contributed by atoms with E-state index in [4.69, 9.17) is 9.47 Å². The summed E-state index contributed by atoms with van der Waals surface area (Å²) in [6.45, 7) is 1.33. The normalized spacial score (nSPS) is 26.2. The lowest BCUT2D eigenvalue weighted by Crippen LogP contribution is -2.56. The molecular weight excluding hydrogens is 306 g/mol. The molecule has 0 radical (unpaired) electrons. The first kappa shape index (κ1) is 15.2. The topological polar surface area (TPSA) is 56.6 Å². The van der Waals surface area contributed by atoms with E-state index in [1.54, 1.807) is 6.20 Å². The van der Waals surface area contributed by atoms with Crippen LogP contribution in [0.25, 0.3) is 0 Å². The molecular formula is C18H21N3O3. The second-order valence-corrected chi connectivity index (χ2v) is 6.31. The fourth-order valence-electron chi connectivity index (χ4n) is 3.67. The first-order valence-electron chi connectivity index (χ1n) is 8.35. The van der Waals surface area contributed by atoms with Crippen LogP contribution in [0.15, 0.2) is 42.7 Å². The third kappa shape index (κ3) is 2.67. The first-order valence-corrected chi connectivity index (χ1v) is 8.35. The maximum atomic E-state index is 12.9. The van der Waals surface area contributed by atoms with Gasteiger partial charge in [0.25, 0.3) is 5.91 Å². The molecule has 6 nitrogen and oxygen atoms in total. The third-order valence-corrected chi connectivity index (χ3v) is 4.86. The van der Waals surface area contributed by atoms with Crippen molar-refractivity contribution in [1.82, 2.24) is 14.5 Å². The zero-order valence-electron chi connectivity index (χ0n) is 13.7. The van der Waals surface area contributed by atoms with Crippen LogP contribution in [0.5, 0.6) is 5.88 Å². The van der Waals surface area contributed by atoms with Gasteiger partial charge in [-0.15, -0.1) is 0 Å². The lowest BCUT2D eigenvalue weighted by Gasteiger charge is -2.40. The molecule has 2 aliphatic rings. The Hall–Kier alpha value is -2.34. The maximum Gasteiger partial charge on any atom is 0.270 e. The number of aryl methyl sites for hydroxylation is 1. The molecule has 2 aromatic rings. The monoisotopic (exact) mass is 327 g/mol. The number of piperidine rings is 1. The number of likely N-dealkylation sites (tertiary alicyclic amines) is 1. The van der Waals surface area contributed by atoms with E-state index in [2.05, 4.69) is 4.98 Å². The molecule has 0 aliphatic carbocycles. The summed E-state index contributed by atoms with van der Waals surface area (Å²) in [4.78, 5) is 19.1. The van der Waals surface area contributed by atoms with E-state index in [0.29, 0.717) is 24.7 Å². The Balaban J connectivity index is 1.51. The van der Waals surface area contributed by atoms with Crippen molar-refractivity contribution in [2.75, 3.05) is 13.2 Å². The van der Waals surface area contributed by atoms with Gasteiger partial charge in [-0.25, -0.2) is 4.98 Å². The van der Waals surface area contributed by atoms with Gasteiger partial charge in [-0.05, 0) is 24.6 Å². The highest BCUT2D eigenvalue weighted by atomic mass is 16.5. The van der Waals surface area contributed by atoms with E-state index in [0.717, 1.165) is 12.8 Å². The number of amides is 1. The molecule has 0 aromatic carbocycles. The summed E-state index contributed by atoms with van der Waals surface area (Å²) in [6, 6.07) is 9.45. The summed E-state index contributed by atoms with van der Waals surface area (Å²) in [5, 5.41) is 0. The number of ether oxygens (including phenoxy) is 2. The number of carbonyl (C=O) groups excluding carboxylic acids is 1. The Labute approximate surface area is 141 Å². The molecule has 1 amide bonds. The van der Waals surface area contributed by atoms with Gasteiger partial charge in [-0.1, -0.05) is 6.07 Å². The van der Waals surface area contributed by atoms with Crippen LogP contribution in [0, 0.1) is 0 Å². The Morgan fingerprint density at radius 3 is 2.96 bits per heavy atom. The van der Waals surface area contributed by atoms with Gasteiger partial charge in [0.05, 0.1) is 6.04 Å². The number of nitrogens with zero attached hydrogens (tertiary/aromatic N) is 3. The fourth-order valence-corrected chi connectivity index (χ4v) is 3.67. The predicted molar refractivity (Wildman–Crippen MR) is 87.9 cm³/mol. The van der Waals surface area contributed by atoms with Gasteiger partial charge < -0.3 is 18.9 Å². The summed E-state index contributed by atoms with van der Waals surface area (Å²) in [5.41, 5.74) is 0.713. The van der Waals surface area contributed by atoms with Gasteiger partial charge in [0, 0.05) is 45.1 Å². The molecule has 24 heavy (non-hydrogen) atoms. The first-order chi connectivity index (χ1) is 11.7. The number of hydrogen-bond acceptors (Lipinski definition) is 4. The minimum absolute atomic E-state index is 0.0647. The summed E-state index contributed by atoms with van der Waals surface area (Å²) < 4.78 is 13.8. The van der Waals surface area contributed by atoms with Gasteiger partial charge in [0.2, 0.25) is 5.88 Å². The standard InChI is InChI=1S/C18H21N3O3/c1-20-10-4-5-14(20)18(22)21-11-7-15(17-13(21)8-12-23-17)24-16-6-2-3-9-19-16/h2-6,9-10,13,15,17H,7-8,11-12H2,1H3/t13-,15+,17-/m0/s1. The molecule has 4 heterocycles. The molecule has 3 atom stereocenters. The molecule has 126 valence electrons. The number of carbonyl (C=O) groups is 1. The zero-order chi connectivity index (χ0) is 16.5. The molecule has 2 saturated heterocycles. The lowest BCUT2D eigenvalue weighted by atomic mass is 9.95. The van der Waals surface area contributed by atoms with Crippen LogP contribution in [0.3, 0.4) is 0 Å². The lowest BCUT2D eigenvalue weighted by molar-refractivity contribution is -0.0478. The number of hydrogen-bond donors (Lipinski definition) is 0. The van der Waals surface area contributed by atoms with Crippen LogP contribution < -0.4 is 4.74 Å². The van der Waals surface area contributed by atoms with Gasteiger partial charge in [-0.3, -0.25) is 4.79 Å². The van der Waals surface area contributed by atoms with Crippen LogP contribution in [0.1, 0.15) is 23.3 Å². The molecule has 2 aromatic heterocycles. The average Bonchev–Trinajstić information content (AvgIpc) is 3.25. The molecule has 0 saturated carbocycles. The minimum Gasteiger partial charge on any atom is -0.471 e.